The maximum absolute atomic E-state index is 13.3. The van der Waals surface area contributed by atoms with Crippen LogP contribution in [0.25, 0.3) is 0 Å². The largest absolute Gasteiger partial charge is 0.495 e. The number of nitrogens with zero attached hydrogens (tertiary/aromatic N) is 1. The standard InChI is InChI=1S/C17H24N2O6S2/c1-5-9-19(17(3)8-10-26(21,22)12-17)27(23,24)14-6-7-16(25-4)15(11-14)18-13(2)20/h5-7,11H,1,8-10,12H2,2-4H3,(H,18,20)/t17-/m0/s1. The molecule has 8 nitrogen and oxygen atoms in total. The second-order valence-electron chi connectivity index (χ2n) is 6.71. The van der Waals surface area contributed by atoms with Gasteiger partial charge in [-0.1, -0.05) is 6.08 Å². The molecule has 1 N–H and O–H groups in total. The molecular weight excluding hydrogens is 392 g/mol. The van der Waals surface area contributed by atoms with Crippen LogP contribution in [0.15, 0.2) is 35.7 Å². The van der Waals surface area contributed by atoms with Gasteiger partial charge in [-0.15, -0.1) is 6.58 Å². The summed E-state index contributed by atoms with van der Waals surface area (Å²) < 4.78 is 56.8. The lowest BCUT2D eigenvalue weighted by Crippen LogP contribution is -2.50. The highest BCUT2D eigenvalue weighted by Crippen LogP contribution is 2.36. The average molecular weight is 417 g/mol. The fraction of sp³-hybridized carbons (Fsp3) is 0.471. The van der Waals surface area contributed by atoms with Gasteiger partial charge >= 0.3 is 0 Å². The van der Waals surface area contributed by atoms with Crippen LogP contribution >= 0.6 is 0 Å². The number of ether oxygens (including phenoxy) is 1. The third-order valence-electron chi connectivity index (χ3n) is 4.45. The molecule has 2 rings (SSSR count). The molecule has 1 heterocycles. The van der Waals surface area contributed by atoms with Gasteiger partial charge in [-0.05, 0) is 31.5 Å². The minimum atomic E-state index is -4.05. The van der Waals surface area contributed by atoms with E-state index in [4.69, 9.17) is 4.74 Å². The molecule has 0 bridgehead atoms. The summed E-state index contributed by atoms with van der Waals surface area (Å²) in [4.78, 5) is 11.3. The molecule has 0 aromatic heterocycles. The van der Waals surface area contributed by atoms with Crippen molar-refractivity contribution in [1.29, 1.82) is 0 Å². The predicted molar refractivity (Wildman–Crippen MR) is 103 cm³/mol. The average Bonchev–Trinajstić information content (AvgIpc) is 2.85. The topological polar surface area (TPSA) is 110 Å². The molecule has 0 aliphatic carbocycles. The zero-order chi connectivity index (χ0) is 20.5. The molecule has 27 heavy (non-hydrogen) atoms. The fourth-order valence-corrected chi connectivity index (χ4v) is 7.20. The summed E-state index contributed by atoms with van der Waals surface area (Å²) in [6, 6.07) is 4.11. The molecule has 0 saturated carbocycles. The summed E-state index contributed by atoms with van der Waals surface area (Å²) >= 11 is 0. The lowest BCUT2D eigenvalue weighted by Gasteiger charge is -2.35. The number of sulfone groups is 1. The van der Waals surface area contributed by atoms with Crippen LogP contribution in [-0.2, 0) is 24.7 Å². The van der Waals surface area contributed by atoms with E-state index in [1.54, 1.807) is 6.92 Å². The van der Waals surface area contributed by atoms with Gasteiger partial charge in [0.2, 0.25) is 15.9 Å². The zero-order valence-corrected chi connectivity index (χ0v) is 17.2. The van der Waals surface area contributed by atoms with Crippen LogP contribution in [0.4, 0.5) is 5.69 Å². The number of benzene rings is 1. The van der Waals surface area contributed by atoms with Crippen molar-refractivity contribution in [3.63, 3.8) is 0 Å². The highest BCUT2D eigenvalue weighted by Gasteiger charge is 2.47. The number of hydrogen-bond acceptors (Lipinski definition) is 6. The summed E-state index contributed by atoms with van der Waals surface area (Å²) in [7, 11) is -5.95. The highest BCUT2D eigenvalue weighted by molar-refractivity contribution is 7.92. The molecular formula is C17H24N2O6S2. The number of anilines is 1. The van der Waals surface area contributed by atoms with Crippen molar-refractivity contribution in [1.82, 2.24) is 4.31 Å². The summed E-state index contributed by atoms with van der Waals surface area (Å²) in [5, 5.41) is 2.54. The number of methoxy groups -OCH3 is 1. The lowest BCUT2D eigenvalue weighted by molar-refractivity contribution is -0.114. The minimum Gasteiger partial charge on any atom is -0.495 e. The Morgan fingerprint density at radius 2 is 2.11 bits per heavy atom. The fourth-order valence-electron chi connectivity index (χ4n) is 3.18. The van der Waals surface area contributed by atoms with Gasteiger partial charge in [-0.3, -0.25) is 4.79 Å². The molecule has 1 saturated heterocycles. The second kappa shape index (κ2) is 7.61. The third kappa shape index (κ3) is 4.50. The van der Waals surface area contributed by atoms with Crippen LogP contribution < -0.4 is 10.1 Å². The maximum Gasteiger partial charge on any atom is 0.243 e. The van der Waals surface area contributed by atoms with Crippen LogP contribution in [0.2, 0.25) is 0 Å². The first-order valence-corrected chi connectivity index (χ1v) is 11.5. The monoisotopic (exact) mass is 416 g/mol. The maximum atomic E-state index is 13.3. The number of sulfonamides is 1. The van der Waals surface area contributed by atoms with E-state index < -0.39 is 25.4 Å². The Morgan fingerprint density at radius 3 is 2.59 bits per heavy atom. The molecule has 1 amide bonds. The van der Waals surface area contributed by atoms with Gasteiger partial charge in [-0.2, -0.15) is 4.31 Å². The van der Waals surface area contributed by atoms with Crippen LogP contribution in [0, 0.1) is 0 Å². The molecule has 1 aliphatic rings. The molecule has 150 valence electrons. The van der Waals surface area contributed by atoms with Crippen molar-refractivity contribution in [3.8, 4) is 5.75 Å². The first-order chi connectivity index (χ1) is 12.4. The quantitative estimate of drug-likeness (QED) is 0.673. The van der Waals surface area contributed by atoms with E-state index in [9.17, 15) is 21.6 Å². The molecule has 0 radical (unpaired) electrons. The third-order valence-corrected chi connectivity index (χ3v) is 8.36. The molecule has 1 aromatic rings. The van der Waals surface area contributed by atoms with Gasteiger partial charge < -0.3 is 10.1 Å². The summed E-state index contributed by atoms with van der Waals surface area (Å²) in [5.74, 6) is -0.373. The van der Waals surface area contributed by atoms with Crippen LogP contribution in [0.1, 0.15) is 20.3 Å². The Balaban J connectivity index is 2.54. The lowest BCUT2D eigenvalue weighted by atomic mass is 10.0. The van der Waals surface area contributed by atoms with Crippen molar-refractivity contribution in [2.45, 2.75) is 30.7 Å². The SMILES string of the molecule is C=CCN([C@@]1(C)CCS(=O)(=O)C1)S(=O)(=O)c1ccc(OC)c(NC(C)=O)c1. The van der Waals surface area contributed by atoms with Crippen molar-refractivity contribution < 1.29 is 26.4 Å². The second-order valence-corrected chi connectivity index (χ2v) is 10.8. The molecule has 10 heteroatoms. The van der Waals surface area contributed by atoms with Gasteiger partial charge in [0.15, 0.2) is 9.84 Å². The number of carbonyl (C=O) groups excluding carboxylic acids is 1. The Morgan fingerprint density at radius 1 is 1.44 bits per heavy atom. The summed E-state index contributed by atoms with van der Waals surface area (Å²) in [5.41, 5.74) is -0.853. The molecule has 0 spiro atoms. The Kier molecular flexibility index (Phi) is 6.03. The Hall–Kier alpha value is -1.91. The van der Waals surface area contributed by atoms with E-state index in [1.165, 1.54) is 38.3 Å². The summed E-state index contributed by atoms with van der Waals surface area (Å²) in [6.07, 6.45) is 1.63. The summed E-state index contributed by atoms with van der Waals surface area (Å²) in [6.45, 7) is 6.49. The highest BCUT2D eigenvalue weighted by atomic mass is 32.2. The van der Waals surface area contributed by atoms with Gasteiger partial charge in [-0.25, -0.2) is 16.8 Å². The van der Waals surface area contributed by atoms with Gasteiger partial charge in [0.1, 0.15) is 5.75 Å². The van der Waals surface area contributed by atoms with Crippen molar-refractivity contribution in [2.75, 3.05) is 30.5 Å². The van der Waals surface area contributed by atoms with Crippen LogP contribution in [0.5, 0.6) is 5.75 Å². The van der Waals surface area contributed by atoms with Gasteiger partial charge in [0, 0.05) is 19.0 Å². The first kappa shape index (κ1) is 21.4. The van der Waals surface area contributed by atoms with Gasteiger partial charge in [0.05, 0.1) is 29.2 Å². The van der Waals surface area contributed by atoms with E-state index in [0.29, 0.717) is 5.75 Å². The number of rotatable bonds is 7. The smallest absolute Gasteiger partial charge is 0.243 e. The van der Waals surface area contributed by atoms with E-state index in [1.807, 2.05) is 0 Å². The minimum absolute atomic E-state index is 0.0319. The predicted octanol–water partition coefficient (Wildman–Crippen LogP) is 1.41. The molecule has 1 fully saturated rings. The Bertz CT molecular complexity index is 956. The van der Waals surface area contributed by atoms with Crippen molar-refractivity contribution in [2.24, 2.45) is 0 Å². The van der Waals surface area contributed by atoms with Crippen molar-refractivity contribution >= 4 is 31.5 Å². The molecule has 1 aromatic carbocycles. The normalized spacial score (nSPS) is 21.8. The molecule has 0 unspecified atom stereocenters. The number of nitrogens with one attached hydrogen (secondary N) is 1. The van der Waals surface area contributed by atoms with E-state index in [-0.39, 0.29) is 41.0 Å². The van der Waals surface area contributed by atoms with Crippen molar-refractivity contribution in [3.05, 3.63) is 30.9 Å². The first-order valence-electron chi connectivity index (χ1n) is 8.25. The number of amides is 1. The van der Waals surface area contributed by atoms with E-state index in [0.717, 1.165) is 4.31 Å². The molecule has 1 atom stereocenters. The zero-order valence-electron chi connectivity index (χ0n) is 15.6. The van der Waals surface area contributed by atoms with Crippen LogP contribution in [0.3, 0.4) is 0 Å². The number of hydrogen-bond donors (Lipinski definition) is 1. The number of carbonyl (C=O) groups is 1. The van der Waals surface area contributed by atoms with E-state index >= 15 is 0 Å². The van der Waals surface area contributed by atoms with E-state index in [2.05, 4.69) is 11.9 Å². The molecule has 1 aliphatic heterocycles. The van der Waals surface area contributed by atoms with Gasteiger partial charge in [0.25, 0.3) is 0 Å². The Labute approximate surface area is 160 Å². The van der Waals surface area contributed by atoms with Crippen LogP contribution in [-0.4, -0.2) is 57.7 Å².